The molecule has 1 aromatic heterocycles. The van der Waals surface area contributed by atoms with Gasteiger partial charge in [-0.15, -0.1) is 0 Å². The highest BCUT2D eigenvalue weighted by molar-refractivity contribution is 5.74. The highest BCUT2D eigenvalue weighted by atomic mass is 16.4. The number of anilines is 1. The second-order valence-electron chi connectivity index (χ2n) is 7.81. The van der Waals surface area contributed by atoms with Gasteiger partial charge in [0.2, 0.25) is 0 Å². The molecule has 1 amide bonds. The van der Waals surface area contributed by atoms with Crippen LogP contribution in [0.15, 0.2) is 18.3 Å². The van der Waals surface area contributed by atoms with Crippen molar-refractivity contribution in [1.82, 2.24) is 9.88 Å². The topological polar surface area (TPSA) is 73.7 Å². The molecule has 0 saturated carbocycles. The molecule has 2 aliphatic rings. The van der Waals surface area contributed by atoms with Crippen LogP contribution in [0.4, 0.5) is 10.6 Å². The fourth-order valence-electron chi connectivity index (χ4n) is 4.34. The molecule has 1 aromatic rings. The number of aldehydes is 1. The molecule has 0 spiro atoms. The average molecular weight is 331 g/mol. The Morgan fingerprint density at radius 1 is 1.29 bits per heavy atom. The fraction of sp³-hybridized carbons (Fsp3) is 0.611. The van der Waals surface area contributed by atoms with Crippen LogP contribution in [0.2, 0.25) is 0 Å². The summed E-state index contributed by atoms with van der Waals surface area (Å²) >= 11 is 0. The smallest absolute Gasteiger partial charge is 0.407 e. The van der Waals surface area contributed by atoms with Gasteiger partial charge in [0.25, 0.3) is 0 Å². The summed E-state index contributed by atoms with van der Waals surface area (Å²) < 4.78 is 0. The van der Waals surface area contributed by atoms with E-state index in [0.29, 0.717) is 17.6 Å². The van der Waals surface area contributed by atoms with Crippen LogP contribution in [0.3, 0.4) is 0 Å². The molecule has 2 aliphatic heterocycles. The van der Waals surface area contributed by atoms with Crippen molar-refractivity contribution in [3.63, 3.8) is 0 Å². The predicted molar refractivity (Wildman–Crippen MR) is 91.6 cm³/mol. The Hall–Kier alpha value is -2.11. The van der Waals surface area contributed by atoms with Gasteiger partial charge in [0.1, 0.15) is 5.82 Å². The number of hydrogen-bond acceptors (Lipinski definition) is 4. The van der Waals surface area contributed by atoms with Crippen LogP contribution in [0.25, 0.3) is 0 Å². The van der Waals surface area contributed by atoms with Gasteiger partial charge in [0, 0.05) is 35.4 Å². The zero-order valence-corrected chi connectivity index (χ0v) is 14.5. The lowest BCUT2D eigenvalue weighted by Gasteiger charge is -2.47. The number of rotatable bonds is 3. The number of piperidine rings is 1. The Labute approximate surface area is 142 Å². The Kier molecular flexibility index (Phi) is 4.24. The Morgan fingerprint density at radius 3 is 2.33 bits per heavy atom. The number of carbonyl (C=O) groups is 2. The maximum absolute atomic E-state index is 11.8. The number of aromatic nitrogens is 1. The van der Waals surface area contributed by atoms with Crippen molar-refractivity contribution < 1.29 is 14.7 Å². The fourth-order valence-corrected chi connectivity index (χ4v) is 4.34. The molecular formula is C18H25N3O3. The molecule has 6 nitrogen and oxygen atoms in total. The highest BCUT2D eigenvalue weighted by Crippen LogP contribution is 2.41. The summed E-state index contributed by atoms with van der Waals surface area (Å²) in [6.45, 7) is 5.86. The SMILES string of the molecule is CC(C)(C)N(C(=O)O)C1CC2CCC(C1)N2c1ccc(C=O)cn1. The first-order chi connectivity index (χ1) is 11.3. The van der Waals surface area contributed by atoms with E-state index < -0.39 is 11.6 Å². The first-order valence-corrected chi connectivity index (χ1v) is 8.53. The summed E-state index contributed by atoms with van der Waals surface area (Å²) in [6, 6.07) is 4.36. The second-order valence-corrected chi connectivity index (χ2v) is 7.81. The molecular weight excluding hydrogens is 306 g/mol. The third kappa shape index (κ3) is 2.97. The molecule has 2 bridgehead atoms. The number of amides is 1. The van der Waals surface area contributed by atoms with Crippen LogP contribution in [0, 0.1) is 0 Å². The van der Waals surface area contributed by atoms with Gasteiger partial charge in [-0.25, -0.2) is 9.78 Å². The first kappa shape index (κ1) is 16.7. The van der Waals surface area contributed by atoms with Gasteiger partial charge in [-0.1, -0.05) is 0 Å². The zero-order chi connectivity index (χ0) is 17.5. The van der Waals surface area contributed by atoms with Crippen molar-refractivity contribution in [1.29, 1.82) is 0 Å². The Bertz CT molecular complexity index is 609. The summed E-state index contributed by atoms with van der Waals surface area (Å²) in [4.78, 5) is 30.9. The summed E-state index contributed by atoms with van der Waals surface area (Å²) in [5.74, 6) is 0.893. The van der Waals surface area contributed by atoms with Crippen LogP contribution in [-0.4, -0.2) is 51.0 Å². The first-order valence-electron chi connectivity index (χ1n) is 8.53. The van der Waals surface area contributed by atoms with Crippen molar-refractivity contribution >= 4 is 18.2 Å². The molecule has 0 aromatic carbocycles. The molecule has 1 N–H and O–H groups in total. The molecule has 0 radical (unpaired) electrons. The predicted octanol–water partition coefficient (Wildman–Crippen LogP) is 3.17. The summed E-state index contributed by atoms with van der Waals surface area (Å²) in [6.07, 6.45) is 5.35. The van der Waals surface area contributed by atoms with E-state index in [9.17, 15) is 14.7 Å². The van der Waals surface area contributed by atoms with Gasteiger partial charge in [-0.3, -0.25) is 4.79 Å². The standard InChI is InChI=1S/C18H25N3O3/c1-18(2,3)21(17(23)24)15-8-13-5-6-14(9-15)20(13)16-7-4-12(11-22)10-19-16/h4,7,10-11,13-15H,5-6,8-9H2,1-3H3,(H,23,24). The maximum Gasteiger partial charge on any atom is 0.407 e. The summed E-state index contributed by atoms with van der Waals surface area (Å²) in [5, 5.41) is 9.66. The van der Waals surface area contributed by atoms with Gasteiger partial charge in [-0.2, -0.15) is 0 Å². The van der Waals surface area contributed by atoms with Crippen molar-refractivity contribution in [2.24, 2.45) is 0 Å². The van der Waals surface area contributed by atoms with E-state index in [1.54, 1.807) is 17.2 Å². The third-order valence-corrected chi connectivity index (χ3v) is 5.17. The molecule has 3 rings (SSSR count). The second kappa shape index (κ2) is 6.07. The van der Waals surface area contributed by atoms with Crippen LogP contribution in [0.5, 0.6) is 0 Å². The number of carboxylic acid groups (broad SMARTS) is 1. The zero-order valence-electron chi connectivity index (χ0n) is 14.5. The minimum absolute atomic E-state index is 0.0468. The molecule has 3 heterocycles. The van der Waals surface area contributed by atoms with Crippen LogP contribution in [-0.2, 0) is 0 Å². The van der Waals surface area contributed by atoms with Crippen LogP contribution >= 0.6 is 0 Å². The summed E-state index contributed by atoms with van der Waals surface area (Å²) in [7, 11) is 0. The van der Waals surface area contributed by atoms with E-state index in [0.717, 1.165) is 37.8 Å². The lowest BCUT2D eigenvalue weighted by Crippen LogP contribution is -2.57. The highest BCUT2D eigenvalue weighted by Gasteiger charge is 2.46. The monoisotopic (exact) mass is 331 g/mol. The normalized spacial score (nSPS) is 26.3. The van der Waals surface area contributed by atoms with E-state index in [-0.39, 0.29) is 6.04 Å². The van der Waals surface area contributed by atoms with E-state index in [1.807, 2.05) is 26.8 Å². The molecule has 2 fully saturated rings. The molecule has 6 heteroatoms. The minimum atomic E-state index is -0.839. The molecule has 24 heavy (non-hydrogen) atoms. The van der Waals surface area contributed by atoms with Crippen molar-refractivity contribution in [2.45, 2.75) is 70.1 Å². The van der Waals surface area contributed by atoms with Gasteiger partial charge < -0.3 is 14.9 Å². The van der Waals surface area contributed by atoms with Crippen molar-refractivity contribution in [3.05, 3.63) is 23.9 Å². The number of carbonyl (C=O) groups excluding carboxylic acids is 1. The molecule has 2 unspecified atom stereocenters. The number of pyridine rings is 1. The largest absolute Gasteiger partial charge is 0.465 e. The van der Waals surface area contributed by atoms with Crippen molar-refractivity contribution in [2.75, 3.05) is 4.90 Å². The van der Waals surface area contributed by atoms with E-state index in [1.165, 1.54) is 0 Å². The molecule has 130 valence electrons. The Balaban J connectivity index is 1.81. The van der Waals surface area contributed by atoms with E-state index in [2.05, 4.69) is 9.88 Å². The summed E-state index contributed by atoms with van der Waals surface area (Å²) in [5.41, 5.74) is 0.174. The van der Waals surface area contributed by atoms with E-state index in [4.69, 9.17) is 0 Å². The maximum atomic E-state index is 11.8. The third-order valence-electron chi connectivity index (χ3n) is 5.17. The van der Waals surface area contributed by atoms with Crippen molar-refractivity contribution in [3.8, 4) is 0 Å². The lowest BCUT2D eigenvalue weighted by molar-refractivity contribution is 0.0558. The Morgan fingerprint density at radius 2 is 1.92 bits per heavy atom. The van der Waals surface area contributed by atoms with Gasteiger partial charge in [-0.05, 0) is 58.6 Å². The quantitative estimate of drug-likeness (QED) is 0.861. The number of hydrogen-bond donors (Lipinski definition) is 1. The molecule has 0 aliphatic carbocycles. The van der Waals surface area contributed by atoms with Gasteiger partial charge in [0.05, 0.1) is 0 Å². The van der Waals surface area contributed by atoms with E-state index >= 15 is 0 Å². The van der Waals surface area contributed by atoms with Gasteiger partial charge in [0.15, 0.2) is 6.29 Å². The minimum Gasteiger partial charge on any atom is -0.465 e. The van der Waals surface area contributed by atoms with Gasteiger partial charge >= 0.3 is 6.09 Å². The molecule has 2 saturated heterocycles. The van der Waals surface area contributed by atoms with Crippen LogP contribution < -0.4 is 4.90 Å². The average Bonchev–Trinajstić information content (AvgIpc) is 2.76. The molecule has 2 atom stereocenters. The van der Waals surface area contributed by atoms with Crippen LogP contribution in [0.1, 0.15) is 56.8 Å². The number of fused-ring (bicyclic) bond motifs is 2. The number of nitrogens with zero attached hydrogens (tertiary/aromatic N) is 3. The lowest BCUT2D eigenvalue weighted by atomic mass is 9.92.